The molecule has 1 fully saturated rings. The Labute approximate surface area is 101 Å². The Bertz CT molecular complexity index is 407. The van der Waals surface area contributed by atoms with Gasteiger partial charge in [-0.1, -0.05) is 15.9 Å². The molecule has 86 valence electrons. The lowest BCUT2D eigenvalue weighted by atomic mass is 10.2. The van der Waals surface area contributed by atoms with Gasteiger partial charge in [0.25, 0.3) is 5.69 Å². The molecule has 1 saturated heterocycles. The van der Waals surface area contributed by atoms with Gasteiger partial charge in [-0.15, -0.1) is 0 Å². The number of nitrogens with one attached hydrogen (secondary N) is 1. The van der Waals surface area contributed by atoms with Crippen LogP contribution in [0.1, 0.15) is 6.42 Å². The van der Waals surface area contributed by atoms with Crippen LogP contribution < -0.4 is 5.32 Å². The topological polar surface area (TPSA) is 64.4 Å². The zero-order chi connectivity index (χ0) is 11.5. The zero-order valence-electron chi connectivity index (χ0n) is 8.48. The number of hydrogen-bond acceptors (Lipinski definition) is 4. The molecule has 0 radical (unpaired) electrons. The molecule has 1 N–H and O–H groups in total. The van der Waals surface area contributed by atoms with Crippen molar-refractivity contribution in [2.75, 3.05) is 18.5 Å². The lowest BCUT2D eigenvalue weighted by Crippen LogP contribution is -2.33. The molecule has 1 atom stereocenters. The molecule has 2 rings (SSSR count). The fourth-order valence-electron chi connectivity index (χ4n) is 1.48. The van der Waals surface area contributed by atoms with Crippen LogP contribution in [-0.2, 0) is 4.74 Å². The van der Waals surface area contributed by atoms with E-state index in [2.05, 4.69) is 21.2 Å². The molecule has 1 aromatic rings. The minimum Gasteiger partial charge on any atom is -0.377 e. The van der Waals surface area contributed by atoms with E-state index in [0.29, 0.717) is 12.2 Å². The first-order valence-electron chi connectivity index (χ1n) is 4.96. The van der Waals surface area contributed by atoms with E-state index in [1.165, 1.54) is 6.07 Å². The summed E-state index contributed by atoms with van der Waals surface area (Å²) < 4.78 is 6.05. The van der Waals surface area contributed by atoms with Gasteiger partial charge in [0.1, 0.15) is 5.69 Å². The number of ether oxygens (including phenoxy) is 1. The molecule has 1 heterocycles. The molecular weight excluding hydrogens is 276 g/mol. The Balaban J connectivity index is 2.09. The molecule has 0 bridgehead atoms. The van der Waals surface area contributed by atoms with Crippen LogP contribution in [0.15, 0.2) is 22.7 Å². The number of halogens is 1. The summed E-state index contributed by atoms with van der Waals surface area (Å²) in [7, 11) is 0. The maximum atomic E-state index is 10.8. The van der Waals surface area contributed by atoms with Gasteiger partial charge in [0.15, 0.2) is 0 Å². The van der Waals surface area contributed by atoms with Crippen LogP contribution in [-0.4, -0.2) is 24.2 Å². The molecule has 6 heteroatoms. The molecule has 16 heavy (non-hydrogen) atoms. The number of benzene rings is 1. The van der Waals surface area contributed by atoms with Crippen molar-refractivity contribution in [2.24, 2.45) is 0 Å². The van der Waals surface area contributed by atoms with E-state index < -0.39 is 4.92 Å². The highest BCUT2D eigenvalue weighted by Crippen LogP contribution is 2.28. The van der Waals surface area contributed by atoms with Gasteiger partial charge in [-0.2, -0.15) is 0 Å². The number of hydrogen-bond donors (Lipinski definition) is 1. The molecule has 0 amide bonds. The highest BCUT2D eigenvalue weighted by atomic mass is 79.9. The van der Waals surface area contributed by atoms with Crippen molar-refractivity contribution in [3.8, 4) is 0 Å². The first kappa shape index (κ1) is 11.3. The monoisotopic (exact) mass is 286 g/mol. The first-order chi connectivity index (χ1) is 7.66. The predicted molar refractivity (Wildman–Crippen MR) is 63.6 cm³/mol. The third-order valence-corrected chi connectivity index (χ3v) is 2.96. The Morgan fingerprint density at radius 2 is 2.38 bits per heavy atom. The molecule has 0 aliphatic carbocycles. The molecule has 0 saturated carbocycles. The quantitative estimate of drug-likeness (QED) is 0.682. The van der Waals surface area contributed by atoms with E-state index in [-0.39, 0.29) is 11.8 Å². The molecular formula is C10H11BrN2O3. The highest BCUT2D eigenvalue weighted by molar-refractivity contribution is 9.10. The van der Waals surface area contributed by atoms with Gasteiger partial charge >= 0.3 is 0 Å². The van der Waals surface area contributed by atoms with E-state index >= 15 is 0 Å². The van der Waals surface area contributed by atoms with Crippen LogP contribution in [0.3, 0.4) is 0 Å². The number of nitro groups is 1. The van der Waals surface area contributed by atoms with Gasteiger partial charge in [-0.25, -0.2) is 0 Å². The fourth-order valence-corrected chi connectivity index (χ4v) is 1.84. The van der Waals surface area contributed by atoms with Gasteiger partial charge in [-0.05, 0) is 18.6 Å². The SMILES string of the molecule is O=[N+]([O-])c1ccc(Br)cc1NC[C@@H]1CCO1. The summed E-state index contributed by atoms with van der Waals surface area (Å²) in [6.45, 7) is 1.39. The molecule has 0 aromatic heterocycles. The maximum Gasteiger partial charge on any atom is 0.292 e. The van der Waals surface area contributed by atoms with Crippen LogP contribution in [0.4, 0.5) is 11.4 Å². The molecule has 1 aromatic carbocycles. The molecule has 0 unspecified atom stereocenters. The summed E-state index contributed by atoms with van der Waals surface area (Å²) in [6.07, 6.45) is 1.19. The Morgan fingerprint density at radius 3 is 2.94 bits per heavy atom. The second kappa shape index (κ2) is 4.80. The van der Waals surface area contributed by atoms with E-state index in [9.17, 15) is 10.1 Å². The smallest absolute Gasteiger partial charge is 0.292 e. The zero-order valence-corrected chi connectivity index (χ0v) is 10.1. The van der Waals surface area contributed by atoms with Crippen molar-refractivity contribution in [2.45, 2.75) is 12.5 Å². The normalized spacial score (nSPS) is 18.9. The van der Waals surface area contributed by atoms with Crippen molar-refractivity contribution >= 4 is 27.3 Å². The van der Waals surface area contributed by atoms with Crippen molar-refractivity contribution in [3.63, 3.8) is 0 Å². The van der Waals surface area contributed by atoms with E-state index in [4.69, 9.17) is 4.74 Å². The van der Waals surface area contributed by atoms with Gasteiger partial charge in [0.05, 0.1) is 11.0 Å². The van der Waals surface area contributed by atoms with Gasteiger partial charge < -0.3 is 10.1 Å². The second-order valence-electron chi connectivity index (χ2n) is 3.58. The van der Waals surface area contributed by atoms with Crippen LogP contribution in [0.2, 0.25) is 0 Å². The third kappa shape index (κ3) is 2.51. The first-order valence-corrected chi connectivity index (χ1v) is 5.75. The van der Waals surface area contributed by atoms with E-state index in [0.717, 1.165) is 17.5 Å². The molecule has 1 aliphatic heterocycles. The molecule has 0 spiro atoms. The van der Waals surface area contributed by atoms with Crippen molar-refractivity contribution < 1.29 is 9.66 Å². The van der Waals surface area contributed by atoms with Gasteiger partial charge in [0.2, 0.25) is 0 Å². The van der Waals surface area contributed by atoms with Crippen LogP contribution >= 0.6 is 15.9 Å². The van der Waals surface area contributed by atoms with E-state index in [1.54, 1.807) is 12.1 Å². The summed E-state index contributed by atoms with van der Waals surface area (Å²) in [4.78, 5) is 10.4. The lowest BCUT2D eigenvalue weighted by Gasteiger charge is -2.26. The van der Waals surface area contributed by atoms with Crippen LogP contribution in [0.5, 0.6) is 0 Å². The summed E-state index contributed by atoms with van der Waals surface area (Å²) >= 11 is 3.29. The second-order valence-corrected chi connectivity index (χ2v) is 4.50. The van der Waals surface area contributed by atoms with Crippen molar-refractivity contribution in [3.05, 3.63) is 32.8 Å². The molecule has 5 nitrogen and oxygen atoms in total. The van der Waals surface area contributed by atoms with Gasteiger partial charge in [0, 0.05) is 23.7 Å². The minimum atomic E-state index is -0.392. The van der Waals surface area contributed by atoms with Gasteiger partial charge in [-0.3, -0.25) is 10.1 Å². The van der Waals surface area contributed by atoms with Crippen molar-refractivity contribution in [1.82, 2.24) is 0 Å². The Kier molecular flexibility index (Phi) is 3.40. The summed E-state index contributed by atoms with van der Waals surface area (Å²) in [6, 6.07) is 4.84. The predicted octanol–water partition coefficient (Wildman–Crippen LogP) is 2.56. The summed E-state index contributed by atoms with van der Waals surface area (Å²) in [5, 5.41) is 13.8. The maximum absolute atomic E-state index is 10.8. The number of nitrogens with zero attached hydrogens (tertiary/aromatic N) is 1. The average molecular weight is 287 g/mol. The number of rotatable bonds is 4. The number of nitro benzene ring substituents is 1. The Morgan fingerprint density at radius 1 is 1.62 bits per heavy atom. The van der Waals surface area contributed by atoms with Crippen LogP contribution in [0, 0.1) is 10.1 Å². The molecule has 1 aliphatic rings. The minimum absolute atomic E-state index is 0.0857. The lowest BCUT2D eigenvalue weighted by molar-refractivity contribution is -0.384. The standard InChI is InChI=1S/C10H11BrN2O3/c11-7-1-2-10(13(14)15)9(5-7)12-6-8-3-4-16-8/h1-2,5,8,12H,3-4,6H2/t8-/m0/s1. The third-order valence-electron chi connectivity index (χ3n) is 2.47. The highest BCUT2D eigenvalue weighted by Gasteiger charge is 2.20. The number of anilines is 1. The van der Waals surface area contributed by atoms with Crippen LogP contribution in [0.25, 0.3) is 0 Å². The fraction of sp³-hybridized carbons (Fsp3) is 0.400. The summed E-state index contributed by atoms with van der Waals surface area (Å²) in [5.74, 6) is 0. The van der Waals surface area contributed by atoms with E-state index in [1.807, 2.05) is 0 Å². The van der Waals surface area contributed by atoms with Crippen molar-refractivity contribution in [1.29, 1.82) is 0 Å². The average Bonchev–Trinajstić information content (AvgIpc) is 2.14. The summed E-state index contributed by atoms with van der Waals surface area (Å²) in [5.41, 5.74) is 0.609. The Hall–Kier alpha value is -1.14. The largest absolute Gasteiger partial charge is 0.377 e.